The van der Waals surface area contributed by atoms with E-state index >= 15 is 0 Å². The van der Waals surface area contributed by atoms with Gasteiger partial charge in [-0.1, -0.05) is 42.5 Å². The van der Waals surface area contributed by atoms with Crippen molar-refractivity contribution in [2.24, 2.45) is 0 Å². The lowest BCUT2D eigenvalue weighted by Gasteiger charge is -2.17. The summed E-state index contributed by atoms with van der Waals surface area (Å²) in [6.45, 7) is 6.30. The minimum Gasteiger partial charge on any atom is -0.306 e. The Hall–Kier alpha value is -2.79. The van der Waals surface area contributed by atoms with E-state index in [1.54, 1.807) is 19.1 Å². The fourth-order valence-electron chi connectivity index (χ4n) is 3.84. The Balaban J connectivity index is 1.44. The van der Waals surface area contributed by atoms with Crippen molar-refractivity contribution in [1.82, 2.24) is 14.9 Å². The molecule has 28 heavy (non-hydrogen) atoms. The zero-order chi connectivity index (χ0) is 19.7. The van der Waals surface area contributed by atoms with E-state index in [-0.39, 0.29) is 17.3 Å². The van der Waals surface area contributed by atoms with E-state index in [4.69, 9.17) is 0 Å². The van der Waals surface area contributed by atoms with Gasteiger partial charge in [-0.05, 0) is 44.0 Å². The Bertz CT molecular complexity index is 1040. The lowest BCUT2D eigenvalue weighted by molar-refractivity contribution is 0.326. The molecular formula is C23H24FN3O. The smallest absolute Gasteiger partial charge is 0.254 e. The number of hydrogen-bond donors (Lipinski definition) is 1. The number of nitrogens with zero attached hydrogens (tertiary/aromatic N) is 2. The third-order valence-electron chi connectivity index (χ3n) is 5.65. The van der Waals surface area contributed by atoms with Gasteiger partial charge in [-0.25, -0.2) is 9.37 Å². The summed E-state index contributed by atoms with van der Waals surface area (Å²) in [7, 11) is 0. The summed E-state index contributed by atoms with van der Waals surface area (Å²) in [6.07, 6.45) is 0.979. The maximum absolute atomic E-state index is 14.0. The van der Waals surface area contributed by atoms with Crippen molar-refractivity contribution in [2.45, 2.75) is 32.7 Å². The number of aromatic nitrogens is 2. The molecule has 3 aromatic rings. The van der Waals surface area contributed by atoms with E-state index in [1.807, 2.05) is 31.2 Å². The van der Waals surface area contributed by atoms with Crippen molar-refractivity contribution in [3.05, 3.63) is 87.1 Å². The van der Waals surface area contributed by atoms with E-state index in [2.05, 4.69) is 27.0 Å². The number of likely N-dealkylation sites (tertiary alicyclic amines) is 1. The maximum atomic E-state index is 14.0. The van der Waals surface area contributed by atoms with Crippen molar-refractivity contribution in [3.63, 3.8) is 0 Å². The number of benzene rings is 2. The van der Waals surface area contributed by atoms with Gasteiger partial charge in [0.05, 0.1) is 0 Å². The van der Waals surface area contributed by atoms with Crippen molar-refractivity contribution >= 4 is 0 Å². The molecule has 1 aliphatic rings. The molecule has 5 heteroatoms. The fraction of sp³-hybridized carbons (Fsp3) is 0.304. The van der Waals surface area contributed by atoms with Crippen LogP contribution < -0.4 is 5.56 Å². The van der Waals surface area contributed by atoms with Crippen molar-refractivity contribution in [1.29, 1.82) is 0 Å². The highest BCUT2D eigenvalue weighted by Crippen LogP contribution is 2.30. The molecule has 1 saturated heterocycles. The van der Waals surface area contributed by atoms with E-state index < -0.39 is 0 Å². The van der Waals surface area contributed by atoms with E-state index in [9.17, 15) is 9.18 Å². The molecule has 1 unspecified atom stereocenters. The number of halogens is 1. The highest BCUT2D eigenvalue weighted by molar-refractivity contribution is 5.55. The van der Waals surface area contributed by atoms with Gasteiger partial charge in [0.2, 0.25) is 0 Å². The highest BCUT2D eigenvalue weighted by Gasteiger charge is 2.25. The molecule has 2 heterocycles. The van der Waals surface area contributed by atoms with Gasteiger partial charge in [-0.3, -0.25) is 9.69 Å². The Morgan fingerprint density at radius 1 is 1.14 bits per heavy atom. The van der Waals surface area contributed by atoms with Crippen LogP contribution in [0.1, 0.15) is 34.7 Å². The van der Waals surface area contributed by atoms with Crippen LogP contribution >= 0.6 is 0 Å². The molecule has 0 radical (unpaired) electrons. The Kier molecular flexibility index (Phi) is 5.09. The number of rotatable bonds is 4. The first-order valence-corrected chi connectivity index (χ1v) is 9.65. The molecule has 2 aromatic carbocycles. The summed E-state index contributed by atoms with van der Waals surface area (Å²) in [4.78, 5) is 21.7. The molecule has 4 nitrogen and oxygen atoms in total. The third-order valence-corrected chi connectivity index (χ3v) is 5.65. The zero-order valence-electron chi connectivity index (χ0n) is 16.2. The van der Waals surface area contributed by atoms with Crippen molar-refractivity contribution in [2.75, 3.05) is 13.1 Å². The molecule has 1 atom stereocenters. The second-order valence-electron chi connectivity index (χ2n) is 7.56. The predicted molar refractivity (Wildman–Crippen MR) is 109 cm³/mol. The van der Waals surface area contributed by atoms with Crippen LogP contribution in [0.3, 0.4) is 0 Å². The standard InChI is InChI=1S/C23H24FN3O/c1-15-16(2)25-22(26-23(15)28)18-9-7-17(8-10-18)13-27-12-11-19(14-27)20-5-3-4-6-21(20)24/h3-10,19H,11-14H2,1-2H3,(H,25,26,28). The van der Waals surface area contributed by atoms with Gasteiger partial charge in [-0.2, -0.15) is 0 Å². The quantitative estimate of drug-likeness (QED) is 0.742. The van der Waals surface area contributed by atoms with Crippen LogP contribution in [-0.2, 0) is 6.54 Å². The molecule has 1 aromatic heterocycles. The number of hydrogen-bond acceptors (Lipinski definition) is 3. The summed E-state index contributed by atoms with van der Waals surface area (Å²) < 4.78 is 14.0. The summed E-state index contributed by atoms with van der Waals surface area (Å²) in [5, 5.41) is 0. The van der Waals surface area contributed by atoms with Crippen LogP contribution in [0.25, 0.3) is 11.4 Å². The van der Waals surface area contributed by atoms with Crippen LogP contribution in [0.4, 0.5) is 4.39 Å². The molecule has 1 aliphatic heterocycles. The average Bonchev–Trinajstić information content (AvgIpc) is 3.15. The van der Waals surface area contributed by atoms with Gasteiger partial charge in [-0.15, -0.1) is 0 Å². The topological polar surface area (TPSA) is 49.0 Å². The summed E-state index contributed by atoms with van der Waals surface area (Å²) in [6, 6.07) is 15.2. The van der Waals surface area contributed by atoms with Gasteiger partial charge in [0.25, 0.3) is 5.56 Å². The maximum Gasteiger partial charge on any atom is 0.254 e. The largest absolute Gasteiger partial charge is 0.306 e. The lowest BCUT2D eigenvalue weighted by Crippen LogP contribution is -2.20. The highest BCUT2D eigenvalue weighted by atomic mass is 19.1. The SMILES string of the molecule is Cc1nc(-c2ccc(CN3CCC(c4ccccc4F)C3)cc2)[nH]c(=O)c1C. The number of aromatic amines is 1. The van der Waals surface area contributed by atoms with Crippen LogP contribution in [0.2, 0.25) is 0 Å². The molecule has 4 rings (SSSR count). The second kappa shape index (κ2) is 7.68. The summed E-state index contributed by atoms with van der Waals surface area (Å²) in [5.41, 5.74) is 4.23. The predicted octanol–water partition coefficient (Wildman–Crippen LogP) is 4.18. The Labute approximate surface area is 164 Å². The Morgan fingerprint density at radius 3 is 2.61 bits per heavy atom. The van der Waals surface area contributed by atoms with Crippen LogP contribution in [0.15, 0.2) is 53.3 Å². The minimum atomic E-state index is -0.103. The summed E-state index contributed by atoms with van der Waals surface area (Å²) in [5.74, 6) is 0.749. The first kappa shape index (κ1) is 18.6. The van der Waals surface area contributed by atoms with Gasteiger partial charge in [0.1, 0.15) is 11.6 Å². The first-order valence-electron chi connectivity index (χ1n) is 9.65. The normalized spacial score (nSPS) is 17.2. The molecule has 0 spiro atoms. The third kappa shape index (κ3) is 3.76. The first-order chi connectivity index (χ1) is 13.5. The van der Waals surface area contributed by atoms with Crippen LogP contribution in [-0.4, -0.2) is 28.0 Å². The van der Waals surface area contributed by atoms with Gasteiger partial charge >= 0.3 is 0 Å². The molecular weight excluding hydrogens is 353 g/mol. The molecule has 1 fully saturated rings. The Morgan fingerprint density at radius 2 is 1.89 bits per heavy atom. The monoisotopic (exact) mass is 377 g/mol. The molecule has 0 saturated carbocycles. The number of nitrogens with one attached hydrogen (secondary N) is 1. The average molecular weight is 377 g/mol. The lowest BCUT2D eigenvalue weighted by atomic mass is 9.98. The zero-order valence-corrected chi connectivity index (χ0v) is 16.2. The molecule has 0 aliphatic carbocycles. The van der Waals surface area contributed by atoms with Gasteiger partial charge in [0.15, 0.2) is 0 Å². The van der Waals surface area contributed by atoms with Crippen LogP contribution in [0.5, 0.6) is 0 Å². The summed E-state index contributed by atoms with van der Waals surface area (Å²) >= 11 is 0. The molecule has 0 bridgehead atoms. The van der Waals surface area contributed by atoms with Crippen molar-refractivity contribution < 1.29 is 4.39 Å². The number of H-pyrrole nitrogens is 1. The molecule has 144 valence electrons. The van der Waals surface area contributed by atoms with Gasteiger partial charge < -0.3 is 4.98 Å². The molecule has 1 N–H and O–H groups in total. The molecule has 0 amide bonds. The number of aryl methyl sites for hydroxylation is 1. The van der Waals surface area contributed by atoms with E-state index in [1.165, 1.54) is 5.56 Å². The second-order valence-corrected chi connectivity index (χ2v) is 7.56. The van der Waals surface area contributed by atoms with E-state index in [0.717, 1.165) is 42.9 Å². The minimum absolute atomic E-state index is 0.0946. The van der Waals surface area contributed by atoms with Crippen molar-refractivity contribution in [3.8, 4) is 11.4 Å². The van der Waals surface area contributed by atoms with Crippen LogP contribution in [0, 0.1) is 19.7 Å². The fourth-order valence-corrected chi connectivity index (χ4v) is 3.84. The van der Waals surface area contributed by atoms with Gasteiger partial charge in [0, 0.05) is 35.8 Å². The van der Waals surface area contributed by atoms with E-state index in [0.29, 0.717) is 11.4 Å².